The summed E-state index contributed by atoms with van der Waals surface area (Å²) >= 11 is 0. The predicted molar refractivity (Wildman–Crippen MR) is 131 cm³/mol. The Morgan fingerprint density at radius 3 is 2.54 bits per heavy atom. The number of H-pyrrole nitrogens is 1. The molecular weight excluding hydrogens is 444 g/mol. The van der Waals surface area contributed by atoms with E-state index in [0.29, 0.717) is 17.9 Å². The third-order valence-electron chi connectivity index (χ3n) is 5.88. The second-order valence-corrected chi connectivity index (χ2v) is 8.19. The number of aromatic nitrogens is 6. The molecule has 0 saturated carbocycles. The van der Waals surface area contributed by atoms with E-state index in [2.05, 4.69) is 56.4 Å². The number of unbranched alkanes of at least 4 members (excludes halogenated alkanes) is 1. The normalized spacial score (nSPS) is 11.1. The number of carbonyl (C=O) groups is 1. The number of imidazole rings is 1. The van der Waals surface area contributed by atoms with Gasteiger partial charge in [-0.25, -0.2) is 9.78 Å². The van der Waals surface area contributed by atoms with Gasteiger partial charge in [0.1, 0.15) is 11.3 Å². The van der Waals surface area contributed by atoms with E-state index in [1.807, 2.05) is 30.3 Å². The number of hydrogen-bond acceptors (Lipinski definition) is 6. The van der Waals surface area contributed by atoms with Crippen molar-refractivity contribution in [2.75, 3.05) is 0 Å². The van der Waals surface area contributed by atoms with Crippen LogP contribution in [0.25, 0.3) is 33.5 Å². The Bertz CT molecular complexity index is 1460. The summed E-state index contributed by atoms with van der Waals surface area (Å²) in [5, 5.41) is 23.6. The van der Waals surface area contributed by atoms with E-state index in [1.54, 1.807) is 12.1 Å². The van der Waals surface area contributed by atoms with Crippen LogP contribution in [0.3, 0.4) is 0 Å². The molecule has 0 spiro atoms. The second-order valence-electron chi connectivity index (χ2n) is 8.19. The van der Waals surface area contributed by atoms with Gasteiger partial charge in [0, 0.05) is 18.5 Å². The van der Waals surface area contributed by atoms with Gasteiger partial charge in [-0.15, -0.1) is 10.2 Å². The number of aryl methyl sites for hydroxylation is 1. The summed E-state index contributed by atoms with van der Waals surface area (Å²) in [6.45, 7) is 2.68. The molecule has 5 aromatic rings. The maximum absolute atomic E-state index is 11.3. The average molecular weight is 469 g/mol. The smallest absolute Gasteiger partial charge is 0.449 e. The molecule has 2 heterocycles. The zero-order valence-electron chi connectivity index (χ0n) is 19.2. The summed E-state index contributed by atoms with van der Waals surface area (Å²) in [6, 6.07) is 21.5. The molecule has 5 rings (SSSR count). The molecule has 0 amide bonds. The highest BCUT2D eigenvalue weighted by atomic mass is 16.7. The van der Waals surface area contributed by atoms with Gasteiger partial charge in [-0.1, -0.05) is 67.9 Å². The Kier molecular flexibility index (Phi) is 6.21. The van der Waals surface area contributed by atoms with Crippen molar-refractivity contribution in [2.24, 2.45) is 0 Å². The number of para-hydroxylation sites is 1. The summed E-state index contributed by atoms with van der Waals surface area (Å²) in [4.78, 5) is 16.1. The molecule has 9 nitrogen and oxygen atoms in total. The van der Waals surface area contributed by atoms with E-state index >= 15 is 0 Å². The second kappa shape index (κ2) is 9.76. The Labute approximate surface area is 201 Å². The van der Waals surface area contributed by atoms with Gasteiger partial charge >= 0.3 is 6.16 Å². The minimum Gasteiger partial charge on any atom is -0.449 e. The minimum absolute atomic E-state index is 0.288. The third kappa shape index (κ3) is 4.61. The molecule has 3 aromatic carbocycles. The maximum Gasteiger partial charge on any atom is 0.511 e. The fourth-order valence-corrected chi connectivity index (χ4v) is 4.25. The van der Waals surface area contributed by atoms with E-state index in [1.165, 1.54) is 0 Å². The number of benzene rings is 3. The van der Waals surface area contributed by atoms with Crippen LogP contribution in [0, 0.1) is 0 Å². The molecule has 2 aromatic heterocycles. The number of nitrogens with zero attached hydrogens (tertiary/aromatic N) is 5. The average Bonchev–Trinajstić information content (AvgIpc) is 3.52. The van der Waals surface area contributed by atoms with Crippen molar-refractivity contribution in [3.05, 3.63) is 78.1 Å². The van der Waals surface area contributed by atoms with Crippen LogP contribution in [0.4, 0.5) is 4.79 Å². The zero-order valence-corrected chi connectivity index (χ0v) is 19.2. The lowest BCUT2D eigenvalue weighted by Crippen LogP contribution is -2.08. The van der Waals surface area contributed by atoms with Gasteiger partial charge in [0.2, 0.25) is 5.82 Å². The van der Waals surface area contributed by atoms with Gasteiger partial charge in [0.25, 0.3) is 0 Å². The lowest BCUT2D eigenvalue weighted by atomic mass is 9.98. The first-order valence-corrected chi connectivity index (χ1v) is 11.4. The van der Waals surface area contributed by atoms with Crippen LogP contribution in [0.5, 0.6) is 5.75 Å². The van der Waals surface area contributed by atoms with Gasteiger partial charge in [-0.2, -0.15) is 5.21 Å². The van der Waals surface area contributed by atoms with Crippen LogP contribution in [0.2, 0.25) is 0 Å². The van der Waals surface area contributed by atoms with E-state index in [4.69, 9.17) is 9.72 Å². The van der Waals surface area contributed by atoms with Crippen LogP contribution in [-0.4, -0.2) is 41.4 Å². The fraction of sp³-hybridized carbons (Fsp3) is 0.192. The first-order chi connectivity index (χ1) is 17.1. The number of hydrogen-bond donors (Lipinski definition) is 2. The molecule has 0 bridgehead atoms. The van der Waals surface area contributed by atoms with Crippen LogP contribution in [0.15, 0.2) is 66.7 Å². The molecule has 35 heavy (non-hydrogen) atoms. The van der Waals surface area contributed by atoms with Crippen molar-refractivity contribution in [1.82, 2.24) is 30.2 Å². The molecule has 0 aliphatic heterocycles. The van der Waals surface area contributed by atoms with Crippen LogP contribution < -0.4 is 4.74 Å². The molecule has 9 heteroatoms. The SMILES string of the molecule is CCCCc1nc2cccc(OC(=O)O)c2n1Cc1ccc(-c2ccccc2-c2nn[nH]n2)cc1. The van der Waals surface area contributed by atoms with E-state index in [-0.39, 0.29) is 5.75 Å². The Hall–Kier alpha value is -4.53. The molecule has 0 radical (unpaired) electrons. The van der Waals surface area contributed by atoms with Gasteiger partial charge in [-0.05, 0) is 40.5 Å². The van der Waals surface area contributed by atoms with E-state index in [9.17, 15) is 9.90 Å². The van der Waals surface area contributed by atoms with Gasteiger partial charge in [0.15, 0.2) is 5.75 Å². The number of nitrogens with one attached hydrogen (secondary N) is 1. The zero-order chi connectivity index (χ0) is 24.2. The molecule has 0 fully saturated rings. The summed E-state index contributed by atoms with van der Waals surface area (Å²) in [7, 11) is 0. The van der Waals surface area contributed by atoms with Crippen LogP contribution >= 0.6 is 0 Å². The highest BCUT2D eigenvalue weighted by Gasteiger charge is 2.17. The van der Waals surface area contributed by atoms with E-state index < -0.39 is 6.16 Å². The third-order valence-corrected chi connectivity index (χ3v) is 5.88. The molecule has 176 valence electrons. The van der Waals surface area contributed by atoms with Crippen molar-refractivity contribution in [1.29, 1.82) is 0 Å². The minimum atomic E-state index is -1.34. The molecule has 0 aliphatic rings. The molecule has 0 unspecified atom stereocenters. The van der Waals surface area contributed by atoms with Gasteiger partial charge in [-0.3, -0.25) is 0 Å². The number of carboxylic acid groups (broad SMARTS) is 1. The lowest BCUT2D eigenvalue weighted by molar-refractivity contribution is 0.145. The number of aromatic amines is 1. The molecular formula is C26H24N6O3. The number of ether oxygens (including phenoxy) is 1. The van der Waals surface area contributed by atoms with Crippen molar-refractivity contribution in [3.63, 3.8) is 0 Å². The van der Waals surface area contributed by atoms with Gasteiger partial charge in [0.05, 0.1) is 5.52 Å². The lowest BCUT2D eigenvalue weighted by Gasteiger charge is -2.12. The summed E-state index contributed by atoms with van der Waals surface area (Å²) in [5.74, 6) is 1.74. The Morgan fingerprint density at radius 2 is 1.83 bits per heavy atom. The largest absolute Gasteiger partial charge is 0.511 e. The Morgan fingerprint density at radius 1 is 1.03 bits per heavy atom. The van der Waals surface area contributed by atoms with Gasteiger partial charge < -0.3 is 14.4 Å². The number of rotatable bonds is 8. The highest BCUT2D eigenvalue weighted by molar-refractivity contribution is 5.85. The van der Waals surface area contributed by atoms with Crippen LogP contribution in [-0.2, 0) is 13.0 Å². The molecule has 0 atom stereocenters. The van der Waals surface area contributed by atoms with Crippen molar-refractivity contribution in [2.45, 2.75) is 32.7 Å². The quantitative estimate of drug-likeness (QED) is 0.233. The molecule has 0 saturated heterocycles. The van der Waals surface area contributed by atoms with Crippen molar-refractivity contribution in [3.8, 4) is 28.3 Å². The number of fused-ring (bicyclic) bond motifs is 1. The fourth-order valence-electron chi connectivity index (χ4n) is 4.25. The monoisotopic (exact) mass is 468 g/mol. The summed E-state index contributed by atoms with van der Waals surface area (Å²) in [6.07, 6.45) is 1.49. The van der Waals surface area contributed by atoms with Crippen LogP contribution in [0.1, 0.15) is 31.2 Å². The summed E-state index contributed by atoms with van der Waals surface area (Å²) in [5.41, 5.74) is 5.41. The topological polar surface area (TPSA) is 119 Å². The molecule has 0 aliphatic carbocycles. The Balaban J connectivity index is 1.51. The first kappa shape index (κ1) is 22.3. The van der Waals surface area contributed by atoms with Crippen molar-refractivity contribution >= 4 is 17.2 Å². The predicted octanol–water partition coefficient (Wildman–Crippen LogP) is 5.33. The first-order valence-electron chi connectivity index (χ1n) is 11.4. The molecule has 2 N–H and O–H groups in total. The summed E-state index contributed by atoms with van der Waals surface area (Å²) < 4.78 is 7.15. The van der Waals surface area contributed by atoms with Crippen molar-refractivity contribution < 1.29 is 14.6 Å². The van der Waals surface area contributed by atoms with E-state index in [0.717, 1.165) is 52.9 Å². The standard InChI is InChI=1S/C26H24N6O3/c1-2-3-11-23-27-21-9-6-10-22(35-26(33)34)24(21)32(23)16-17-12-14-18(15-13-17)19-7-4-5-8-20(19)25-28-30-31-29-25/h4-10,12-15H,2-3,11,16H2,1H3,(H,33,34)(H,28,29,30,31). The maximum atomic E-state index is 11.3. The highest BCUT2D eigenvalue weighted by Crippen LogP contribution is 2.31. The number of tetrazole rings is 1.